The minimum atomic E-state index is -4.45. The maximum Gasteiger partial charge on any atom is 0.397 e. The second-order valence-corrected chi connectivity index (χ2v) is 4.78. The average Bonchev–Trinajstić information content (AvgIpc) is 2.49. The Morgan fingerprint density at radius 3 is 2.45 bits per heavy atom. The number of aliphatic hydroxyl groups excluding tert-OH is 1. The van der Waals surface area contributed by atoms with Gasteiger partial charge in [-0.25, -0.2) is 0 Å². The predicted octanol–water partition coefficient (Wildman–Crippen LogP) is 3.34. The quantitative estimate of drug-likeness (QED) is 0.561. The van der Waals surface area contributed by atoms with Gasteiger partial charge in [-0.1, -0.05) is 42.5 Å². The maximum atomic E-state index is 12.9. The largest absolute Gasteiger partial charge is 0.397 e. The molecule has 1 rings (SSSR count). The molecule has 6 heteroatoms. The fraction of sp³-hybridized carbons (Fsp3) is 0.500. The number of methoxy groups -OCH3 is 1. The number of hydrogen-bond donors (Lipinski definition) is 1. The highest BCUT2D eigenvalue weighted by Gasteiger charge is 2.42. The van der Waals surface area contributed by atoms with Gasteiger partial charge in [0.2, 0.25) is 0 Å². The van der Waals surface area contributed by atoms with Crippen molar-refractivity contribution in [3.63, 3.8) is 0 Å². The van der Waals surface area contributed by atoms with Crippen molar-refractivity contribution in [2.24, 2.45) is 5.92 Å². The van der Waals surface area contributed by atoms with Crippen LogP contribution in [0.15, 0.2) is 42.5 Å². The molecule has 0 fully saturated rings. The lowest BCUT2D eigenvalue weighted by molar-refractivity contribution is -0.193. The summed E-state index contributed by atoms with van der Waals surface area (Å²) in [5.74, 6) is -1.82. The zero-order chi connectivity index (χ0) is 16.4. The van der Waals surface area contributed by atoms with E-state index >= 15 is 0 Å². The SMILES string of the molecule is CO[C@H](CO)[C@H](/C=C/CCOCc1ccccc1)C(F)(F)F. The average molecular weight is 318 g/mol. The van der Waals surface area contributed by atoms with Crippen LogP contribution in [0, 0.1) is 5.92 Å². The van der Waals surface area contributed by atoms with Crippen molar-refractivity contribution in [1.29, 1.82) is 0 Å². The van der Waals surface area contributed by atoms with Crippen molar-refractivity contribution in [3.8, 4) is 0 Å². The number of benzene rings is 1. The lowest BCUT2D eigenvalue weighted by atomic mass is 10.0. The first-order chi connectivity index (χ1) is 10.5. The fourth-order valence-electron chi connectivity index (χ4n) is 1.94. The van der Waals surface area contributed by atoms with Crippen LogP contribution >= 0.6 is 0 Å². The fourth-order valence-corrected chi connectivity index (χ4v) is 1.94. The molecule has 0 bridgehead atoms. The maximum absolute atomic E-state index is 12.9. The van der Waals surface area contributed by atoms with E-state index in [4.69, 9.17) is 9.84 Å². The van der Waals surface area contributed by atoms with Crippen molar-refractivity contribution in [1.82, 2.24) is 0 Å². The summed E-state index contributed by atoms with van der Waals surface area (Å²) in [5.41, 5.74) is 1.01. The first kappa shape index (κ1) is 18.7. The number of rotatable bonds is 9. The van der Waals surface area contributed by atoms with E-state index in [1.165, 1.54) is 6.08 Å². The molecule has 2 atom stereocenters. The highest BCUT2D eigenvalue weighted by atomic mass is 19.4. The van der Waals surface area contributed by atoms with Gasteiger partial charge in [-0.15, -0.1) is 0 Å². The van der Waals surface area contributed by atoms with E-state index in [1.54, 1.807) is 0 Å². The van der Waals surface area contributed by atoms with Crippen LogP contribution in [0.5, 0.6) is 0 Å². The minimum absolute atomic E-state index is 0.326. The molecular formula is C16H21F3O3. The van der Waals surface area contributed by atoms with Crippen LogP contribution in [0.3, 0.4) is 0 Å². The van der Waals surface area contributed by atoms with E-state index in [2.05, 4.69) is 4.74 Å². The lowest BCUT2D eigenvalue weighted by Crippen LogP contribution is -2.36. The highest BCUT2D eigenvalue weighted by Crippen LogP contribution is 2.31. The standard InChI is InChI=1S/C16H21F3O3/c1-21-15(11-20)14(16(17,18)19)9-5-6-10-22-12-13-7-3-2-4-8-13/h2-5,7-9,14-15,20H,6,10-12H2,1H3/b9-5+/t14-,15+/m0/s1. The molecule has 0 unspecified atom stereocenters. The summed E-state index contributed by atoms with van der Waals surface area (Å²) in [6.07, 6.45) is -2.95. The number of aliphatic hydroxyl groups is 1. The van der Waals surface area contributed by atoms with Crippen molar-refractivity contribution in [3.05, 3.63) is 48.0 Å². The molecule has 0 aromatic heterocycles. The van der Waals surface area contributed by atoms with Crippen LogP contribution in [0.1, 0.15) is 12.0 Å². The van der Waals surface area contributed by atoms with Gasteiger partial charge in [-0.3, -0.25) is 0 Å². The van der Waals surface area contributed by atoms with E-state index in [1.807, 2.05) is 30.3 Å². The molecule has 0 saturated carbocycles. The van der Waals surface area contributed by atoms with Gasteiger partial charge in [-0.2, -0.15) is 13.2 Å². The van der Waals surface area contributed by atoms with E-state index in [9.17, 15) is 13.2 Å². The van der Waals surface area contributed by atoms with Gasteiger partial charge in [-0.05, 0) is 12.0 Å². The van der Waals surface area contributed by atoms with Crippen LogP contribution in [0.25, 0.3) is 0 Å². The number of hydrogen-bond acceptors (Lipinski definition) is 3. The molecule has 1 aromatic rings. The minimum Gasteiger partial charge on any atom is -0.394 e. The predicted molar refractivity (Wildman–Crippen MR) is 77.3 cm³/mol. The molecule has 0 aliphatic carbocycles. The van der Waals surface area contributed by atoms with Gasteiger partial charge < -0.3 is 14.6 Å². The van der Waals surface area contributed by atoms with Crippen LogP contribution in [0.4, 0.5) is 13.2 Å². The van der Waals surface area contributed by atoms with Gasteiger partial charge in [0, 0.05) is 7.11 Å². The van der Waals surface area contributed by atoms with Crippen molar-refractivity contribution in [2.45, 2.75) is 25.3 Å². The van der Waals surface area contributed by atoms with E-state index in [-0.39, 0.29) is 0 Å². The molecule has 0 aliphatic rings. The van der Waals surface area contributed by atoms with Crippen molar-refractivity contribution >= 4 is 0 Å². The van der Waals surface area contributed by atoms with Gasteiger partial charge >= 0.3 is 6.18 Å². The Hall–Kier alpha value is -1.37. The Balaban J connectivity index is 2.38. The zero-order valence-corrected chi connectivity index (χ0v) is 12.4. The summed E-state index contributed by atoms with van der Waals surface area (Å²) in [5, 5.41) is 8.94. The van der Waals surface area contributed by atoms with Crippen LogP contribution in [-0.2, 0) is 16.1 Å². The molecule has 124 valence electrons. The summed E-state index contributed by atoms with van der Waals surface area (Å²) in [7, 11) is 1.15. The summed E-state index contributed by atoms with van der Waals surface area (Å²) >= 11 is 0. The number of ether oxygens (including phenoxy) is 2. The van der Waals surface area contributed by atoms with Gasteiger partial charge in [0.15, 0.2) is 0 Å². The van der Waals surface area contributed by atoms with E-state index in [0.29, 0.717) is 19.6 Å². The van der Waals surface area contributed by atoms with Crippen LogP contribution in [-0.4, -0.2) is 37.7 Å². The Morgan fingerprint density at radius 1 is 1.23 bits per heavy atom. The number of halogens is 3. The van der Waals surface area contributed by atoms with Gasteiger partial charge in [0.25, 0.3) is 0 Å². The summed E-state index contributed by atoms with van der Waals surface area (Å²) in [4.78, 5) is 0. The first-order valence-electron chi connectivity index (χ1n) is 6.97. The molecule has 0 aliphatic heterocycles. The summed E-state index contributed by atoms with van der Waals surface area (Å²) in [6, 6.07) is 9.52. The lowest BCUT2D eigenvalue weighted by Gasteiger charge is -2.23. The molecular weight excluding hydrogens is 297 g/mol. The summed E-state index contributed by atoms with van der Waals surface area (Å²) in [6.45, 7) is 0.0665. The second-order valence-electron chi connectivity index (χ2n) is 4.78. The zero-order valence-electron chi connectivity index (χ0n) is 12.4. The van der Waals surface area contributed by atoms with E-state index in [0.717, 1.165) is 18.7 Å². The topological polar surface area (TPSA) is 38.7 Å². The number of alkyl halides is 3. The Labute approximate surface area is 128 Å². The molecule has 0 spiro atoms. The molecule has 0 radical (unpaired) electrons. The van der Waals surface area contributed by atoms with E-state index < -0.39 is 24.8 Å². The molecule has 22 heavy (non-hydrogen) atoms. The van der Waals surface area contributed by atoms with Crippen molar-refractivity contribution < 1.29 is 27.8 Å². The third-order valence-electron chi connectivity index (χ3n) is 3.15. The Bertz CT molecular complexity index is 428. The normalized spacial score (nSPS) is 15.1. The van der Waals surface area contributed by atoms with Crippen molar-refractivity contribution in [2.75, 3.05) is 20.3 Å². The molecule has 3 nitrogen and oxygen atoms in total. The summed E-state index contributed by atoms with van der Waals surface area (Å²) < 4.78 is 48.7. The van der Waals surface area contributed by atoms with Gasteiger partial charge in [0.1, 0.15) is 5.92 Å². The molecule has 0 saturated heterocycles. The van der Waals surface area contributed by atoms with Gasteiger partial charge in [0.05, 0.1) is 25.9 Å². The third kappa shape index (κ3) is 6.60. The molecule has 0 heterocycles. The first-order valence-corrected chi connectivity index (χ1v) is 6.97. The smallest absolute Gasteiger partial charge is 0.394 e. The molecule has 1 aromatic carbocycles. The Morgan fingerprint density at radius 2 is 1.91 bits per heavy atom. The molecule has 0 amide bonds. The molecule has 1 N–H and O–H groups in total. The van der Waals surface area contributed by atoms with Crippen LogP contribution in [0.2, 0.25) is 0 Å². The monoisotopic (exact) mass is 318 g/mol. The second kappa shape index (κ2) is 9.61. The van der Waals surface area contributed by atoms with Crippen LogP contribution < -0.4 is 0 Å². The third-order valence-corrected chi connectivity index (χ3v) is 3.15. The Kier molecular flexibility index (Phi) is 8.16. The highest BCUT2D eigenvalue weighted by molar-refractivity contribution is 5.13.